The zero-order valence-electron chi connectivity index (χ0n) is 9.73. The van der Waals surface area contributed by atoms with Gasteiger partial charge in [-0.15, -0.1) is 0 Å². The van der Waals surface area contributed by atoms with Crippen LogP contribution in [-0.4, -0.2) is 31.2 Å². The average Bonchev–Trinajstić information content (AvgIpc) is 2.69. The summed E-state index contributed by atoms with van der Waals surface area (Å²) in [6.45, 7) is 1.90. The fraction of sp³-hybridized carbons (Fsp3) is 0.500. The maximum absolute atomic E-state index is 11.4. The highest BCUT2D eigenvalue weighted by Gasteiger charge is 2.21. The average molecular weight is 274 g/mol. The van der Waals surface area contributed by atoms with E-state index in [2.05, 4.69) is 15.8 Å². The molecular formula is C10H12ClN3O2S. The van der Waals surface area contributed by atoms with Crippen LogP contribution in [0.2, 0.25) is 5.15 Å². The number of hydrogen-bond donors (Lipinski definition) is 0. The second-order valence-electron chi connectivity index (χ2n) is 3.43. The molecule has 0 saturated carbocycles. The molecule has 0 spiro atoms. The van der Waals surface area contributed by atoms with Crippen LogP contribution in [0.5, 0.6) is 0 Å². The number of esters is 1. The summed E-state index contributed by atoms with van der Waals surface area (Å²) in [7, 11) is 3.10. The minimum absolute atomic E-state index is 0.00714. The van der Waals surface area contributed by atoms with Gasteiger partial charge in [0.25, 0.3) is 0 Å². The summed E-state index contributed by atoms with van der Waals surface area (Å²) in [6, 6.07) is 2.09. The largest absolute Gasteiger partial charge is 0.465 e. The number of aromatic nitrogens is 1. The number of nitriles is 1. The summed E-state index contributed by atoms with van der Waals surface area (Å²) in [4.78, 5) is 17.5. The Labute approximate surface area is 109 Å². The number of nitrogens with zero attached hydrogens (tertiary/aromatic N) is 3. The van der Waals surface area contributed by atoms with E-state index in [0.717, 1.165) is 11.3 Å². The third-order valence-electron chi connectivity index (χ3n) is 2.29. The fourth-order valence-electron chi connectivity index (χ4n) is 1.12. The van der Waals surface area contributed by atoms with Crippen LogP contribution in [0.25, 0.3) is 0 Å². The fourth-order valence-corrected chi connectivity index (χ4v) is 2.38. The van der Waals surface area contributed by atoms with Gasteiger partial charge in [-0.2, -0.15) is 5.26 Å². The molecule has 92 valence electrons. The van der Waals surface area contributed by atoms with Crippen molar-refractivity contribution in [2.45, 2.75) is 19.4 Å². The third kappa shape index (κ3) is 3.08. The van der Waals surface area contributed by atoms with Crippen LogP contribution in [0.4, 0.5) is 5.13 Å². The molecule has 0 amide bonds. The summed E-state index contributed by atoms with van der Waals surface area (Å²) >= 11 is 7.00. The van der Waals surface area contributed by atoms with Crippen molar-refractivity contribution in [3.63, 3.8) is 0 Å². The molecule has 0 bridgehead atoms. The predicted octanol–water partition coefficient (Wildman–Crippen LogP) is 2.32. The van der Waals surface area contributed by atoms with Gasteiger partial charge in [-0.05, 0) is 6.92 Å². The van der Waals surface area contributed by atoms with Crippen molar-refractivity contribution in [1.82, 2.24) is 4.98 Å². The number of thiazole rings is 1. The Morgan fingerprint density at radius 3 is 2.94 bits per heavy atom. The monoisotopic (exact) mass is 273 g/mol. The molecule has 0 aliphatic rings. The van der Waals surface area contributed by atoms with Crippen LogP contribution in [0, 0.1) is 11.3 Å². The van der Waals surface area contributed by atoms with Crippen molar-refractivity contribution in [2.24, 2.45) is 0 Å². The van der Waals surface area contributed by atoms with Crippen molar-refractivity contribution < 1.29 is 9.53 Å². The minimum atomic E-state index is -0.500. The third-order valence-corrected chi connectivity index (χ3v) is 3.81. The normalized spacial score (nSPS) is 11.7. The summed E-state index contributed by atoms with van der Waals surface area (Å²) in [6.07, 6.45) is 0.376. The van der Waals surface area contributed by atoms with Gasteiger partial charge in [0.05, 0.1) is 19.6 Å². The van der Waals surface area contributed by atoms with Crippen LogP contribution in [0.3, 0.4) is 0 Å². The molecule has 0 N–H and O–H groups in total. The van der Waals surface area contributed by atoms with E-state index < -0.39 is 5.97 Å². The summed E-state index contributed by atoms with van der Waals surface area (Å²) in [5.74, 6) is -0.500. The molecule has 1 rings (SSSR count). The number of carbonyl (C=O) groups is 1. The van der Waals surface area contributed by atoms with Crippen molar-refractivity contribution >= 4 is 34.0 Å². The molecule has 1 unspecified atom stereocenters. The molecule has 1 heterocycles. The molecular weight excluding hydrogens is 262 g/mol. The number of methoxy groups -OCH3 is 1. The highest BCUT2D eigenvalue weighted by Crippen LogP contribution is 2.30. The lowest BCUT2D eigenvalue weighted by Gasteiger charge is -2.21. The first-order valence-corrected chi connectivity index (χ1v) is 6.05. The van der Waals surface area contributed by atoms with Gasteiger partial charge in [0.1, 0.15) is 0 Å². The van der Waals surface area contributed by atoms with Crippen molar-refractivity contribution in [2.75, 3.05) is 19.1 Å². The smallest absolute Gasteiger partial charge is 0.351 e. The predicted molar refractivity (Wildman–Crippen MR) is 66.6 cm³/mol. The van der Waals surface area contributed by atoms with Crippen molar-refractivity contribution in [1.29, 1.82) is 5.26 Å². The number of rotatable bonds is 4. The van der Waals surface area contributed by atoms with Gasteiger partial charge in [-0.1, -0.05) is 22.9 Å². The molecule has 0 aromatic carbocycles. The SMILES string of the molecule is COC(=O)c1sc(N(C)C(C)CC#N)nc1Cl. The van der Waals surface area contributed by atoms with Crippen LogP contribution in [-0.2, 0) is 4.74 Å². The van der Waals surface area contributed by atoms with E-state index in [-0.39, 0.29) is 16.1 Å². The highest BCUT2D eigenvalue weighted by atomic mass is 35.5. The Balaban J connectivity index is 2.94. The number of anilines is 1. The lowest BCUT2D eigenvalue weighted by atomic mass is 10.2. The van der Waals surface area contributed by atoms with Gasteiger partial charge in [0.15, 0.2) is 15.2 Å². The number of hydrogen-bond acceptors (Lipinski definition) is 6. The van der Waals surface area contributed by atoms with Gasteiger partial charge >= 0.3 is 5.97 Å². The molecule has 7 heteroatoms. The van der Waals surface area contributed by atoms with Gasteiger partial charge in [0.2, 0.25) is 0 Å². The first kappa shape index (κ1) is 13.7. The van der Waals surface area contributed by atoms with Crippen LogP contribution in [0.15, 0.2) is 0 Å². The summed E-state index contributed by atoms with van der Waals surface area (Å²) in [5.41, 5.74) is 0. The molecule has 0 saturated heterocycles. The molecule has 5 nitrogen and oxygen atoms in total. The van der Waals surface area contributed by atoms with Gasteiger partial charge in [0, 0.05) is 13.1 Å². The standard InChI is InChI=1S/C10H12ClN3O2S/c1-6(4-5-12)14(2)10-13-8(11)7(17-10)9(15)16-3/h6H,4H2,1-3H3. The molecule has 17 heavy (non-hydrogen) atoms. The van der Waals surface area contributed by atoms with E-state index in [1.165, 1.54) is 7.11 Å². The second kappa shape index (κ2) is 5.84. The molecule has 1 atom stereocenters. The second-order valence-corrected chi connectivity index (χ2v) is 4.77. The lowest BCUT2D eigenvalue weighted by Crippen LogP contribution is -2.28. The summed E-state index contributed by atoms with van der Waals surface area (Å²) < 4.78 is 4.59. The van der Waals surface area contributed by atoms with Crippen molar-refractivity contribution in [3.8, 4) is 6.07 Å². The van der Waals surface area contributed by atoms with Gasteiger partial charge in [-0.25, -0.2) is 9.78 Å². The molecule has 1 aromatic heterocycles. The first-order valence-electron chi connectivity index (χ1n) is 4.85. The Hall–Kier alpha value is -1.32. The maximum Gasteiger partial charge on any atom is 0.351 e. The molecule has 0 aliphatic carbocycles. The van der Waals surface area contributed by atoms with E-state index >= 15 is 0 Å². The molecule has 0 radical (unpaired) electrons. The molecule has 0 aliphatic heterocycles. The van der Waals surface area contributed by atoms with Crippen LogP contribution >= 0.6 is 22.9 Å². The van der Waals surface area contributed by atoms with Crippen molar-refractivity contribution in [3.05, 3.63) is 10.0 Å². The zero-order valence-corrected chi connectivity index (χ0v) is 11.3. The zero-order chi connectivity index (χ0) is 13.0. The van der Waals surface area contributed by atoms with E-state index in [1.54, 1.807) is 7.05 Å². The van der Waals surface area contributed by atoms with Crippen LogP contribution in [0.1, 0.15) is 23.0 Å². The topological polar surface area (TPSA) is 66.2 Å². The maximum atomic E-state index is 11.4. The number of ether oxygens (including phenoxy) is 1. The molecule has 1 aromatic rings. The van der Waals surface area contributed by atoms with Gasteiger partial charge < -0.3 is 9.64 Å². The van der Waals surface area contributed by atoms with Gasteiger partial charge in [-0.3, -0.25) is 0 Å². The van der Waals surface area contributed by atoms with E-state index in [0.29, 0.717) is 11.6 Å². The lowest BCUT2D eigenvalue weighted by molar-refractivity contribution is 0.0606. The van der Waals surface area contributed by atoms with Crippen LogP contribution < -0.4 is 4.90 Å². The Morgan fingerprint density at radius 1 is 1.76 bits per heavy atom. The quantitative estimate of drug-likeness (QED) is 0.788. The highest BCUT2D eigenvalue weighted by molar-refractivity contribution is 7.18. The van der Waals surface area contributed by atoms with E-state index in [1.807, 2.05) is 11.8 Å². The first-order chi connectivity index (χ1) is 8.01. The number of carbonyl (C=O) groups excluding carboxylic acids is 1. The van der Waals surface area contributed by atoms with E-state index in [4.69, 9.17) is 16.9 Å². The summed E-state index contributed by atoms with van der Waals surface area (Å²) in [5, 5.41) is 9.35. The number of halogens is 1. The Morgan fingerprint density at radius 2 is 2.41 bits per heavy atom. The minimum Gasteiger partial charge on any atom is -0.465 e. The Bertz CT molecular complexity index is 455. The molecule has 0 fully saturated rings. The Kier molecular flexibility index (Phi) is 4.73. The van der Waals surface area contributed by atoms with E-state index in [9.17, 15) is 4.79 Å².